The molecule has 0 amide bonds. The molecular formula is C12H13F3N4S. The van der Waals surface area contributed by atoms with E-state index >= 15 is 0 Å². The average molecular weight is 302 g/mol. The minimum absolute atomic E-state index is 0.0688. The SMILES string of the molecule is CNc1nc(NC(C)c2cccs2)cc(C(F)(F)F)n1. The molecule has 0 aliphatic rings. The van der Waals surface area contributed by atoms with E-state index in [1.54, 1.807) is 0 Å². The molecule has 0 radical (unpaired) electrons. The van der Waals surface area contributed by atoms with Crippen LogP contribution in [0, 0.1) is 0 Å². The summed E-state index contributed by atoms with van der Waals surface area (Å²) in [7, 11) is 1.47. The number of aromatic nitrogens is 2. The van der Waals surface area contributed by atoms with E-state index in [0.29, 0.717) is 0 Å². The number of halogens is 3. The molecule has 108 valence electrons. The quantitative estimate of drug-likeness (QED) is 0.902. The first-order valence-corrected chi connectivity index (χ1v) is 6.72. The van der Waals surface area contributed by atoms with Crippen LogP contribution in [0.2, 0.25) is 0 Å². The Morgan fingerprint density at radius 2 is 2.05 bits per heavy atom. The van der Waals surface area contributed by atoms with E-state index < -0.39 is 11.9 Å². The van der Waals surface area contributed by atoms with E-state index in [0.717, 1.165) is 10.9 Å². The Morgan fingerprint density at radius 3 is 2.60 bits per heavy atom. The molecule has 0 saturated carbocycles. The van der Waals surface area contributed by atoms with Crippen molar-refractivity contribution in [1.82, 2.24) is 9.97 Å². The third kappa shape index (κ3) is 3.38. The summed E-state index contributed by atoms with van der Waals surface area (Å²) >= 11 is 1.53. The van der Waals surface area contributed by atoms with Gasteiger partial charge in [0.05, 0.1) is 6.04 Å². The zero-order chi connectivity index (χ0) is 14.8. The fourth-order valence-electron chi connectivity index (χ4n) is 1.61. The average Bonchev–Trinajstić information content (AvgIpc) is 2.91. The molecule has 8 heteroatoms. The van der Waals surface area contributed by atoms with Gasteiger partial charge in [-0.05, 0) is 18.4 Å². The minimum atomic E-state index is -4.50. The van der Waals surface area contributed by atoms with Crippen molar-refractivity contribution in [3.8, 4) is 0 Å². The first-order valence-electron chi connectivity index (χ1n) is 5.84. The lowest BCUT2D eigenvalue weighted by molar-refractivity contribution is -0.141. The molecule has 1 atom stereocenters. The van der Waals surface area contributed by atoms with Gasteiger partial charge in [-0.2, -0.15) is 18.2 Å². The molecule has 2 rings (SSSR count). The van der Waals surface area contributed by atoms with Crippen molar-refractivity contribution < 1.29 is 13.2 Å². The lowest BCUT2D eigenvalue weighted by atomic mass is 10.2. The van der Waals surface area contributed by atoms with Crippen LogP contribution in [0.1, 0.15) is 23.5 Å². The van der Waals surface area contributed by atoms with Gasteiger partial charge in [-0.3, -0.25) is 0 Å². The van der Waals surface area contributed by atoms with Crippen LogP contribution in [0.3, 0.4) is 0 Å². The number of hydrogen-bond acceptors (Lipinski definition) is 5. The summed E-state index contributed by atoms with van der Waals surface area (Å²) in [6, 6.07) is 4.58. The van der Waals surface area contributed by atoms with Crippen molar-refractivity contribution in [1.29, 1.82) is 0 Å². The molecule has 0 spiro atoms. The van der Waals surface area contributed by atoms with Crippen LogP contribution in [0.25, 0.3) is 0 Å². The van der Waals surface area contributed by atoms with Crippen LogP contribution in [0.15, 0.2) is 23.6 Å². The molecule has 0 aromatic carbocycles. The minimum Gasteiger partial charge on any atom is -0.363 e. The van der Waals surface area contributed by atoms with Crippen LogP contribution in [0.5, 0.6) is 0 Å². The molecule has 0 aliphatic heterocycles. The number of anilines is 2. The molecule has 0 bridgehead atoms. The molecular weight excluding hydrogens is 289 g/mol. The zero-order valence-corrected chi connectivity index (χ0v) is 11.6. The molecule has 2 aromatic rings. The van der Waals surface area contributed by atoms with E-state index in [1.165, 1.54) is 18.4 Å². The van der Waals surface area contributed by atoms with Crippen LogP contribution in [-0.4, -0.2) is 17.0 Å². The highest BCUT2D eigenvalue weighted by atomic mass is 32.1. The molecule has 1 unspecified atom stereocenters. The third-order valence-corrected chi connectivity index (χ3v) is 3.63. The summed E-state index contributed by atoms with van der Waals surface area (Å²) in [4.78, 5) is 8.41. The topological polar surface area (TPSA) is 49.8 Å². The van der Waals surface area contributed by atoms with Crippen molar-refractivity contribution in [3.05, 3.63) is 34.2 Å². The van der Waals surface area contributed by atoms with Crippen LogP contribution in [0.4, 0.5) is 24.9 Å². The Balaban J connectivity index is 2.27. The molecule has 20 heavy (non-hydrogen) atoms. The first-order chi connectivity index (χ1) is 9.40. The van der Waals surface area contributed by atoms with Crippen molar-refractivity contribution in [2.24, 2.45) is 0 Å². The molecule has 2 aromatic heterocycles. The second-order valence-electron chi connectivity index (χ2n) is 4.09. The lowest BCUT2D eigenvalue weighted by Gasteiger charge is -2.15. The molecule has 0 fully saturated rings. The van der Waals surface area contributed by atoms with Gasteiger partial charge in [0.2, 0.25) is 5.95 Å². The summed E-state index contributed by atoms with van der Waals surface area (Å²) in [5.41, 5.74) is -0.974. The van der Waals surface area contributed by atoms with Gasteiger partial charge < -0.3 is 10.6 Å². The second kappa shape index (κ2) is 5.66. The van der Waals surface area contributed by atoms with Gasteiger partial charge in [0, 0.05) is 18.0 Å². The van der Waals surface area contributed by atoms with Crippen molar-refractivity contribution in [2.45, 2.75) is 19.1 Å². The standard InChI is InChI=1S/C12H13F3N4S/c1-7(8-4-3-5-20-8)17-10-6-9(12(13,14)15)18-11(16-2)19-10/h3-7H,1-2H3,(H2,16,17,18,19). The van der Waals surface area contributed by atoms with Gasteiger partial charge >= 0.3 is 6.18 Å². The number of thiophene rings is 1. The van der Waals surface area contributed by atoms with E-state index in [9.17, 15) is 13.2 Å². The van der Waals surface area contributed by atoms with Crippen molar-refractivity contribution in [3.63, 3.8) is 0 Å². The summed E-state index contributed by atoms with van der Waals surface area (Å²) in [5, 5.41) is 7.39. The molecule has 0 aliphatic carbocycles. The lowest BCUT2D eigenvalue weighted by Crippen LogP contribution is -2.14. The largest absolute Gasteiger partial charge is 0.433 e. The Morgan fingerprint density at radius 1 is 1.30 bits per heavy atom. The summed E-state index contributed by atoms with van der Waals surface area (Å²) < 4.78 is 38.3. The maximum atomic E-state index is 12.8. The highest BCUT2D eigenvalue weighted by Crippen LogP contribution is 2.30. The van der Waals surface area contributed by atoms with Crippen LogP contribution < -0.4 is 10.6 Å². The molecule has 0 saturated heterocycles. The first kappa shape index (κ1) is 14.6. The Kier molecular flexibility index (Phi) is 4.12. The number of nitrogens with zero attached hydrogens (tertiary/aromatic N) is 2. The van der Waals surface area contributed by atoms with E-state index in [1.807, 2.05) is 24.4 Å². The van der Waals surface area contributed by atoms with E-state index in [-0.39, 0.29) is 17.8 Å². The van der Waals surface area contributed by atoms with Gasteiger partial charge in [0.25, 0.3) is 0 Å². The van der Waals surface area contributed by atoms with Crippen LogP contribution in [-0.2, 0) is 6.18 Å². The van der Waals surface area contributed by atoms with Crippen LogP contribution >= 0.6 is 11.3 Å². The van der Waals surface area contributed by atoms with E-state index in [2.05, 4.69) is 20.6 Å². The summed E-state index contributed by atoms with van der Waals surface area (Å²) in [5.74, 6) is 0.0679. The fraction of sp³-hybridized carbons (Fsp3) is 0.333. The van der Waals surface area contributed by atoms with E-state index in [4.69, 9.17) is 0 Å². The normalized spacial score (nSPS) is 13.1. The Labute approximate surface area is 118 Å². The maximum absolute atomic E-state index is 12.8. The highest BCUT2D eigenvalue weighted by molar-refractivity contribution is 7.10. The van der Waals surface area contributed by atoms with Crippen molar-refractivity contribution >= 4 is 23.1 Å². The maximum Gasteiger partial charge on any atom is 0.433 e. The number of rotatable bonds is 4. The number of nitrogens with one attached hydrogen (secondary N) is 2. The molecule has 2 N–H and O–H groups in total. The van der Waals surface area contributed by atoms with Gasteiger partial charge in [-0.25, -0.2) is 4.98 Å². The second-order valence-corrected chi connectivity index (χ2v) is 5.07. The predicted octanol–water partition coefficient (Wildman–Crippen LogP) is 3.77. The van der Waals surface area contributed by atoms with Gasteiger partial charge in [0.15, 0.2) is 5.69 Å². The van der Waals surface area contributed by atoms with Gasteiger partial charge in [0.1, 0.15) is 5.82 Å². The number of hydrogen-bond donors (Lipinski definition) is 2. The number of alkyl halides is 3. The predicted molar refractivity (Wildman–Crippen MR) is 72.9 cm³/mol. The highest BCUT2D eigenvalue weighted by Gasteiger charge is 2.33. The zero-order valence-electron chi connectivity index (χ0n) is 10.8. The van der Waals surface area contributed by atoms with Gasteiger partial charge in [-0.1, -0.05) is 6.07 Å². The molecule has 4 nitrogen and oxygen atoms in total. The fourth-order valence-corrected chi connectivity index (χ4v) is 2.34. The third-order valence-electron chi connectivity index (χ3n) is 2.57. The monoisotopic (exact) mass is 302 g/mol. The smallest absolute Gasteiger partial charge is 0.363 e. The summed E-state index contributed by atoms with van der Waals surface area (Å²) in [6.07, 6.45) is -4.50. The Bertz CT molecular complexity index is 569. The Hall–Kier alpha value is -1.83. The summed E-state index contributed by atoms with van der Waals surface area (Å²) in [6.45, 7) is 1.86. The molecule has 2 heterocycles. The van der Waals surface area contributed by atoms with Crippen molar-refractivity contribution in [2.75, 3.05) is 17.7 Å². The van der Waals surface area contributed by atoms with Gasteiger partial charge in [-0.15, -0.1) is 11.3 Å².